The number of carbonyl (C=O) groups is 1. The SMILES string of the molecule is NCCCCCC(=O)c1occc1Br. The molecule has 0 radical (unpaired) electrons. The maximum Gasteiger partial charge on any atom is 0.199 e. The molecule has 78 valence electrons. The summed E-state index contributed by atoms with van der Waals surface area (Å²) in [6, 6.07) is 1.73. The highest BCUT2D eigenvalue weighted by Crippen LogP contribution is 2.19. The molecule has 1 aromatic heterocycles. The molecule has 1 heterocycles. The first-order chi connectivity index (χ1) is 6.75. The highest BCUT2D eigenvalue weighted by Gasteiger charge is 2.12. The van der Waals surface area contributed by atoms with Crippen LogP contribution in [0, 0.1) is 0 Å². The van der Waals surface area contributed by atoms with E-state index >= 15 is 0 Å². The van der Waals surface area contributed by atoms with Crippen LogP contribution in [-0.4, -0.2) is 12.3 Å². The van der Waals surface area contributed by atoms with Gasteiger partial charge in [-0.3, -0.25) is 4.79 Å². The van der Waals surface area contributed by atoms with E-state index in [0.717, 1.165) is 23.7 Å². The number of halogens is 1. The van der Waals surface area contributed by atoms with Crippen LogP contribution in [0.3, 0.4) is 0 Å². The van der Waals surface area contributed by atoms with Gasteiger partial charge in [-0.25, -0.2) is 0 Å². The molecule has 0 fully saturated rings. The van der Waals surface area contributed by atoms with Gasteiger partial charge in [0, 0.05) is 6.42 Å². The molecule has 0 aliphatic rings. The Morgan fingerprint density at radius 2 is 2.21 bits per heavy atom. The molecule has 14 heavy (non-hydrogen) atoms. The van der Waals surface area contributed by atoms with Crippen molar-refractivity contribution < 1.29 is 9.21 Å². The van der Waals surface area contributed by atoms with E-state index in [2.05, 4.69) is 15.9 Å². The standard InChI is InChI=1S/C10H14BrNO2/c11-8-5-7-14-10(8)9(13)4-2-1-3-6-12/h5,7H,1-4,6,12H2. The van der Waals surface area contributed by atoms with Gasteiger partial charge in [0.05, 0.1) is 10.7 Å². The third-order valence-corrected chi connectivity index (χ3v) is 2.60. The van der Waals surface area contributed by atoms with Crippen molar-refractivity contribution in [1.82, 2.24) is 0 Å². The molecule has 2 N–H and O–H groups in total. The number of hydrogen-bond acceptors (Lipinski definition) is 3. The number of ketones is 1. The summed E-state index contributed by atoms with van der Waals surface area (Å²) in [4.78, 5) is 11.5. The number of furan rings is 1. The van der Waals surface area contributed by atoms with Gasteiger partial charge in [0.25, 0.3) is 0 Å². The molecule has 0 saturated heterocycles. The van der Waals surface area contributed by atoms with Crippen molar-refractivity contribution in [3.8, 4) is 0 Å². The van der Waals surface area contributed by atoms with Crippen molar-refractivity contribution in [2.24, 2.45) is 5.73 Å². The molecule has 0 atom stereocenters. The molecule has 0 spiro atoms. The molecule has 3 nitrogen and oxygen atoms in total. The van der Waals surface area contributed by atoms with Crippen LogP contribution in [0.5, 0.6) is 0 Å². The summed E-state index contributed by atoms with van der Waals surface area (Å²) in [5, 5.41) is 0. The van der Waals surface area contributed by atoms with Gasteiger partial charge in [-0.05, 0) is 41.4 Å². The lowest BCUT2D eigenvalue weighted by atomic mass is 10.1. The van der Waals surface area contributed by atoms with E-state index in [1.165, 1.54) is 6.26 Å². The molecule has 0 aliphatic carbocycles. The molecule has 0 aromatic carbocycles. The Labute approximate surface area is 91.8 Å². The summed E-state index contributed by atoms with van der Waals surface area (Å²) in [5.41, 5.74) is 5.35. The minimum atomic E-state index is 0.0545. The number of Topliss-reactive ketones (excluding diaryl/α,β-unsaturated/α-hetero) is 1. The Balaban J connectivity index is 2.32. The lowest BCUT2D eigenvalue weighted by molar-refractivity contribution is 0.0951. The second-order valence-electron chi connectivity index (χ2n) is 3.12. The van der Waals surface area contributed by atoms with Gasteiger partial charge in [-0.1, -0.05) is 6.42 Å². The van der Waals surface area contributed by atoms with Gasteiger partial charge in [0.1, 0.15) is 0 Å². The Morgan fingerprint density at radius 3 is 2.79 bits per heavy atom. The maximum atomic E-state index is 11.5. The first-order valence-electron chi connectivity index (χ1n) is 4.72. The lowest BCUT2D eigenvalue weighted by Gasteiger charge is -1.98. The quantitative estimate of drug-likeness (QED) is 0.632. The van der Waals surface area contributed by atoms with Crippen LogP contribution in [0.1, 0.15) is 36.2 Å². The van der Waals surface area contributed by atoms with Crippen molar-refractivity contribution >= 4 is 21.7 Å². The molecule has 0 bridgehead atoms. The van der Waals surface area contributed by atoms with Crippen LogP contribution in [0.25, 0.3) is 0 Å². The predicted molar refractivity (Wildman–Crippen MR) is 58.3 cm³/mol. The van der Waals surface area contributed by atoms with Crippen molar-refractivity contribution in [2.45, 2.75) is 25.7 Å². The zero-order valence-corrected chi connectivity index (χ0v) is 9.55. The van der Waals surface area contributed by atoms with Crippen LogP contribution >= 0.6 is 15.9 Å². The number of rotatable bonds is 6. The second-order valence-corrected chi connectivity index (χ2v) is 3.97. The summed E-state index contributed by atoms with van der Waals surface area (Å²) in [6.45, 7) is 0.693. The maximum absolute atomic E-state index is 11.5. The topological polar surface area (TPSA) is 56.2 Å². The van der Waals surface area contributed by atoms with Gasteiger partial charge < -0.3 is 10.2 Å². The van der Waals surface area contributed by atoms with Crippen molar-refractivity contribution in [3.63, 3.8) is 0 Å². The Bertz CT molecular complexity index is 296. The van der Waals surface area contributed by atoms with Gasteiger partial charge in [-0.15, -0.1) is 0 Å². The molecule has 4 heteroatoms. The zero-order valence-electron chi connectivity index (χ0n) is 7.96. The fourth-order valence-electron chi connectivity index (χ4n) is 1.21. The van der Waals surface area contributed by atoms with Gasteiger partial charge in [0.15, 0.2) is 11.5 Å². The monoisotopic (exact) mass is 259 g/mol. The molecule has 0 unspecified atom stereocenters. The molecule has 0 amide bonds. The van der Waals surface area contributed by atoms with Crippen LogP contribution in [0.2, 0.25) is 0 Å². The van der Waals surface area contributed by atoms with Crippen LogP contribution in [-0.2, 0) is 0 Å². The van der Waals surface area contributed by atoms with Gasteiger partial charge in [0.2, 0.25) is 0 Å². The fraction of sp³-hybridized carbons (Fsp3) is 0.500. The fourth-order valence-corrected chi connectivity index (χ4v) is 1.64. The molecule has 0 aliphatic heterocycles. The summed E-state index contributed by atoms with van der Waals surface area (Å²) in [5.74, 6) is 0.483. The van der Waals surface area contributed by atoms with Crippen molar-refractivity contribution in [1.29, 1.82) is 0 Å². The van der Waals surface area contributed by atoms with E-state index in [1.54, 1.807) is 6.07 Å². The third kappa shape index (κ3) is 3.27. The van der Waals surface area contributed by atoms with Crippen LogP contribution in [0.15, 0.2) is 21.2 Å². The average molecular weight is 260 g/mol. The normalized spacial score (nSPS) is 10.4. The number of carbonyl (C=O) groups excluding carboxylic acids is 1. The average Bonchev–Trinajstić information content (AvgIpc) is 2.59. The summed E-state index contributed by atoms with van der Waals surface area (Å²) in [6.07, 6.45) is 4.90. The molecular weight excluding hydrogens is 246 g/mol. The highest BCUT2D eigenvalue weighted by molar-refractivity contribution is 9.10. The van der Waals surface area contributed by atoms with E-state index in [-0.39, 0.29) is 5.78 Å². The summed E-state index contributed by atoms with van der Waals surface area (Å²) < 4.78 is 5.80. The first-order valence-corrected chi connectivity index (χ1v) is 5.51. The summed E-state index contributed by atoms with van der Waals surface area (Å²) in [7, 11) is 0. The van der Waals surface area contributed by atoms with Gasteiger partial charge in [-0.2, -0.15) is 0 Å². The smallest absolute Gasteiger partial charge is 0.199 e. The third-order valence-electron chi connectivity index (χ3n) is 1.98. The van der Waals surface area contributed by atoms with Crippen molar-refractivity contribution in [3.05, 3.63) is 22.6 Å². The van der Waals surface area contributed by atoms with Gasteiger partial charge >= 0.3 is 0 Å². The first kappa shape index (κ1) is 11.5. The van der Waals surface area contributed by atoms with E-state index in [4.69, 9.17) is 10.2 Å². The van der Waals surface area contributed by atoms with E-state index in [1.807, 2.05) is 0 Å². The second kappa shape index (κ2) is 5.98. The van der Waals surface area contributed by atoms with Crippen LogP contribution < -0.4 is 5.73 Å². The van der Waals surface area contributed by atoms with E-state index < -0.39 is 0 Å². The minimum Gasteiger partial charge on any atom is -0.460 e. The zero-order chi connectivity index (χ0) is 10.4. The number of hydrogen-bond donors (Lipinski definition) is 1. The Kier molecular flexibility index (Phi) is 4.90. The largest absolute Gasteiger partial charge is 0.460 e. The van der Waals surface area contributed by atoms with E-state index in [9.17, 15) is 4.79 Å². The molecule has 1 aromatic rings. The Morgan fingerprint density at radius 1 is 1.43 bits per heavy atom. The summed E-state index contributed by atoms with van der Waals surface area (Å²) >= 11 is 3.25. The molecule has 1 rings (SSSR count). The lowest BCUT2D eigenvalue weighted by Crippen LogP contribution is -2.01. The number of unbranched alkanes of at least 4 members (excludes halogenated alkanes) is 2. The highest BCUT2D eigenvalue weighted by atomic mass is 79.9. The number of nitrogens with two attached hydrogens (primary N) is 1. The minimum absolute atomic E-state index is 0.0545. The predicted octanol–water partition coefficient (Wildman–Crippen LogP) is 2.74. The Hall–Kier alpha value is -0.610. The van der Waals surface area contributed by atoms with E-state index in [0.29, 0.717) is 18.7 Å². The molecular formula is C10H14BrNO2. The van der Waals surface area contributed by atoms with Crippen molar-refractivity contribution in [2.75, 3.05) is 6.54 Å². The molecule has 0 saturated carbocycles. The van der Waals surface area contributed by atoms with Crippen LogP contribution in [0.4, 0.5) is 0 Å².